The Hall–Kier alpha value is -0.290. The van der Waals surface area contributed by atoms with Crippen LogP contribution in [0.3, 0.4) is 0 Å². The lowest BCUT2D eigenvalue weighted by Gasteiger charge is -2.04. The van der Waals surface area contributed by atoms with Gasteiger partial charge in [0.1, 0.15) is 4.60 Å². The molecule has 13 heavy (non-hydrogen) atoms. The van der Waals surface area contributed by atoms with Crippen molar-refractivity contribution in [2.75, 3.05) is 0 Å². The zero-order valence-corrected chi connectivity index (χ0v) is 8.54. The van der Waals surface area contributed by atoms with Crippen LogP contribution in [0.2, 0.25) is 0 Å². The first-order valence-electron chi connectivity index (χ1n) is 3.25. The third kappa shape index (κ3) is 2.34. The third-order valence-corrected chi connectivity index (χ3v) is 2.17. The monoisotopic (exact) mass is 273 g/mol. The normalized spacial score (nSPS) is 10.9. The fraction of sp³-hybridized carbons (Fsp3) is 0.286. The second-order valence-electron chi connectivity index (χ2n) is 2.24. The minimum atomic E-state index is -2.86. The van der Waals surface area contributed by atoms with E-state index < -0.39 is 17.8 Å². The Balaban J connectivity index is 3.25. The summed E-state index contributed by atoms with van der Waals surface area (Å²) in [7, 11) is 0. The summed E-state index contributed by atoms with van der Waals surface area (Å²) >= 11 is 8.11. The summed E-state index contributed by atoms with van der Waals surface area (Å²) in [6.45, 7) is 0. The second kappa shape index (κ2) is 4.28. The van der Waals surface area contributed by atoms with Crippen molar-refractivity contribution in [2.45, 2.75) is 12.3 Å². The van der Waals surface area contributed by atoms with Crippen LogP contribution in [0.1, 0.15) is 17.7 Å². The van der Waals surface area contributed by atoms with E-state index in [2.05, 4.69) is 20.9 Å². The molecular weight excluding hydrogens is 270 g/mol. The van der Waals surface area contributed by atoms with E-state index in [0.717, 1.165) is 6.07 Å². The van der Waals surface area contributed by atoms with Crippen molar-refractivity contribution in [3.8, 4) is 0 Å². The van der Waals surface area contributed by atoms with Crippen molar-refractivity contribution in [1.82, 2.24) is 4.98 Å². The lowest BCUT2D eigenvalue weighted by Crippen LogP contribution is -1.98. The van der Waals surface area contributed by atoms with Crippen LogP contribution >= 0.6 is 27.5 Å². The molecule has 0 aromatic carbocycles. The molecule has 1 heterocycles. The fourth-order valence-corrected chi connectivity index (χ4v) is 1.39. The average Bonchev–Trinajstić information content (AvgIpc) is 2.09. The standard InChI is InChI=1S/C7H4BrClF3N/c8-6-5(10)4(7(11)12)1-3(2-9)13-6/h1,7H,2H2. The Morgan fingerprint density at radius 3 is 2.62 bits per heavy atom. The molecule has 72 valence electrons. The van der Waals surface area contributed by atoms with E-state index >= 15 is 0 Å². The van der Waals surface area contributed by atoms with E-state index in [9.17, 15) is 13.2 Å². The van der Waals surface area contributed by atoms with Crippen LogP contribution in [0.5, 0.6) is 0 Å². The SMILES string of the molecule is Fc1c(C(F)F)cc(CCl)nc1Br. The van der Waals surface area contributed by atoms with Gasteiger partial charge in [-0.2, -0.15) is 0 Å². The fourth-order valence-electron chi connectivity index (χ4n) is 0.797. The van der Waals surface area contributed by atoms with Crippen LogP contribution in [0.15, 0.2) is 10.7 Å². The maximum absolute atomic E-state index is 12.9. The largest absolute Gasteiger partial charge is 0.266 e. The number of alkyl halides is 3. The van der Waals surface area contributed by atoms with Crippen LogP contribution in [0.4, 0.5) is 13.2 Å². The number of nitrogens with zero attached hydrogens (tertiary/aromatic N) is 1. The first-order chi connectivity index (χ1) is 6.06. The van der Waals surface area contributed by atoms with Crippen LogP contribution in [0.25, 0.3) is 0 Å². The highest BCUT2D eigenvalue weighted by atomic mass is 79.9. The molecule has 0 N–H and O–H groups in total. The van der Waals surface area contributed by atoms with Gasteiger partial charge in [-0.25, -0.2) is 18.2 Å². The summed E-state index contributed by atoms with van der Waals surface area (Å²) in [5.74, 6) is -1.07. The van der Waals surface area contributed by atoms with Gasteiger partial charge >= 0.3 is 0 Å². The maximum Gasteiger partial charge on any atom is 0.266 e. The molecule has 1 rings (SSSR count). The highest BCUT2D eigenvalue weighted by Gasteiger charge is 2.17. The Kier molecular flexibility index (Phi) is 3.55. The molecule has 0 aliphatic heterocycles. The topological polar surface area (TPSA) is 12.9 Å². The molecule has 0 atom stereocenters. The molecule has 6 heteroatoms. The predicted octanol–water partition coefficient (Wildman–Crippen LogP) is 3.66. The first kappa shape index (κ1) is 10.8. The summed E-state index contributed by atoms with van der Waals surface area (Å²) in [6, 6.07) is 0.956. The Bertz CT molecular complexity index is 319. The minimum absolute atomic E-state index is 0.0292. The molecule has 0 fully saturated rings. The number of hydrogen-bond acceptors (Lipinski definition) is 1. The molecule has 1 aromatic heterocycles. The van der Waals surface area contributed by atoms with Crippen molar-refractivity contribution in [3.63, 3.8) is 0 Å². The summed E-state index contributed by atoms with van der Waals surface area (Å²) in [5.41, 5.74) is -0.470. The number of halogens is 5. The van der Waals surface area contributed by atoms with E-state index in [1.807, 2.05) is 0 Å². The zero-order valence-electron chi connectivity index (χ0n) is 6.20. The zero-order chi connectivity index (χ0) is 10.0. The van der Waals surface area contributed by atoms with E-state index in [1.165, 1.54) is 0 Å². The van der Waals surface area contributed by atoms with Gasteiger partial charge in [0.05, 0.1) is 17.1 Å². The van der Waals surface area contributed by atoms with E-state index in [1.54, 1.807) is 0 Å². The summed E-state index contributed by atoms with van der Waals surface area (Å²) in [5, 5.41) is 0. The Morgan fingerprint density at radius 2 is 2.15 bits per heavy atom. The van der Waals surface area contributed by atoms with Gasteiger partial charge in [0.15, 0.2) is 5.82 Å². The van der Waals surface area contributed by atoms with E-state index in [0.29, 0.717) is 0 Å². The maximum atomic E-state index is 12.9. The Morgan fingerprint density at radius 1 is 1.54 bits per heavy atom. The highest BCUT2D eigenvalue weighted by molar-refractivity contribution is 9.10. The lowest BCUT2D eigenvalue weighted by molar-refractivity contribution is 0.146. The second-order valence-corrected chi connectivity index (χ2v) is 3.26. The number of hydrogen-bond donors (Lipinski definition) is 0. The molecule has 0 amide bonds. The van der Waals surface area contributed by atoms with Crippen LogP contribution in [-0.2, 0) is 5.88 Å². The van der Waals surface area contributed by atoms with Gasteiger partial charge in [-0.1, -0.05) is 0 Å². The van der Waals surface area contributed by atoms with Crippen LogP contribution in [-0.4, -0.2) is 4.98 Å². The lowest BCUT2D eigenvalue weighted by atomic mass is 10.2. The van der Waals surface area contributed by atoms with Gasteiger partial charge in [0.25, 0.3) is 6.43 Å². The van der Waals surface area contributed by atoms with E-state index in [4.69, 9.17) is 11.6 Å². The number of rotatable bonds is 2. The van der Waals surface area contributed by atoms with Gasteiger partial charge in [-0.15, -0.1) is 11.6 Å². The number of aromatic nitrogens is 1. The van der Waals surface area contributed by atoms with Crippen molar-refractivity contribution in [1.29, 1.82) is 0 Å². The molecule has 0 bridgehead atoms. The molecule has 0 aliphatic carbocycles. The summed E-state index contributed by atoms with van der Waals surface area (Å²) in [6.07, 6.45) is -2.86. The first-order valence-corrected chi connectivity index (χ1v) is 4.58. The van der Waals surface area contributed by atoms with Gasteiger partial charge < -0.3 is 0 Å². The van der Waals surface area contributed by atoms with Gasteiger partial charge in [-0.3, -0.25) is 0 Å². The third-order valence-electron chi connectivity index (χ3n) is 1.37. The van der Waals surface area contributed by atoms with Crippen molar-refractivity contribution in [3.05, 3.63) is 27.7 Å². The predicted molar refractivity (Wildman–Crippen MR) is 46.4 cm³/mol. The highest BCUT2D eigenvalue weighted by Crippen LogP contribution is 2.27. The Labute approximate surface area is 86.0 Å². The summed E-state index contributed by atoms with van der Waals surface area (Å²) in [4.78, 5) is 3.61. The van der Waals surface area contributed by atoms with Crippen LogP contribution in [0, 0.1) is 5.82 Å². The van der Waals surface area contributed by atoms with Gasteiger partial charge in [0, 0.05) is 0 Å². The quantitative estimate of drug-likeness (QED) is 0.592. The van der Waals surface area contributed by atoms with E-state index in [-0.39, 0.29) is 16.2 Å². The minimum Gasteiger partial charge on any atom is -0.242 e. The number of pyridine rings is 1. The smallest absolute Gasteiger partial charge is 0.242 e. The molecule has 0 spiro atoms. The molecule has 1 nitrogen and oxygen atoms in total. The molecule has 0 radical (unpaired) electrons. The molecular formula is C7H4BrClF3N. The molecule has 0 saturated heterocycles. The van der Waals surface area contributed by atoms with Crippen molar-refractivity contribution >= 4 is 27.5 Å². The molecule has 0 aliphatic rings. The van der Waals surface area contributed by atoms with Crippen molar-refractivity contribution in [2.24, 2.45) is 0 Å². The van der Waals surface area contributed by atoms with Gasteiger partial charge in [0.2, 0.25) is 0 Å². The van der Waals surface area contributed by atoms with Crippen LogP contribution < -0.4 is 0 Å². The summed E-state index contributed by atoms with van der Waals surface area (Å²) < 4.78 is 37.1. The molecule has 0 saturated carbocycles. The molecule has 0 unspecified atom stereocenters. The van der Waals surface area contributed by atoms with Gasteiger partial charge in [-0.05, 0) is 22.0 Å². The van der Waals surface area contributed by atoms with Crippen molar-refractivity contribution < 1.29 is 13.2 Å². The average molecular weight is 274 g/mol. The molecule has 1 aromatic rings.